The first-order valence-corrected chi connectivity index (χ1v) is 10.3. The van der Waals surface area contributed by atoms with Crippen LogP contribution >= 0.6 is 24.0 Å². The average molecular weight is 498 g/mol. The Bertz CT molecular complexity index is 691. The monoisotopic (exact) mass is 498 g/mol. The Morgan fingerprint density at radius 2 is 1.89 bits per heavy atom. The van der Waals surface area contributed by atoms with Gasteiger partial charge in [-0.2, -0.15) is 0 Å². The molecule has 1 aromatic carbocycles. The molecule has 2 aliphatic carbocycles. The van der Waals surface area contributed by atoms with Crippen LogP contribution in [0.15, 0.2) is 29.3 Å². The van der Waals surface area contributed by atoms with Crippen molar-refractivity contribution in [3.63, 3.8) is 0 Å². The molecule has 28 heavy (non-hydrogen) atoms. The second-order valence-electron chi connectivity index (χ2n) is 8.39. The van der Waals surface area contributed by atoms with Gasteiger partial charge in [0.05, 0.1) is 0 Å². The molecule has 0 aliphatic heterocycles. The number of hydrogen-bond donors (Lipinski definition) is 3. The molecule has 4 unspecified atom stereocenters. The second-order valence-corrected chi connectivity index (χ2v) is 8.39. The molecular formula is C22H35IN4O. The fourth-order valence-corrected chi connectivity index (χ4v) is 4.20. The number of rotatable bonds is 5. The topological polar surface area (TPSA) is 65.5 Å². The number of aliphatic imine (C=N–C) groups is 1. The predicted octanol–water partition coefficient (Wildman–Crippen LogP) is 3.72. The van der Waals surface area contributed by atoms with Crippen LogP contribution in [-0.4, -0.2) is 37.0 Å². The number of nitrogens with zero attached hydrogens (tertiary/aromatic N) is 1. The van der Waals surface area contributed by atoms with Gasteiger partial charge in [0.1, 0.15) is 0 Å². The fraction of sp³-hybridized carbons (Fsp3) is 0.636. The minimum Gasteiger partial charge on any atom is -0.354 e. The third-order valence-corrected chi connectivity index (χ3v) is 5.74. The lowest BCUT2D eigenvalue weighted by atomic mass is 9.85. The number of halogens is 1. The lowest BCUT2D eigenvalue weighted by Crippen LogP contribution is -2.48. The van der Waals surface area contributed by atoms with Gasteiger partial charge in [-0.15, -0.1) is 24.0 Å². The van der Waals surface area contributed by atoms with Gasteiger partial charge in [0.2, 0.25) is 5.91 Å². The molecule has 0 saturated heterocycles. The highest BCUT2D eigenvalue weighted by atomic mass is 127. The SMILES string of the molecule is CN=C(NC1CCCC(C(=O)NC(C)C)C1)NC1CC1c1ccccc1C.I. The molecule has 4 atom stereocenters. The number of aryl methyl sites for hydroxylation is 1. The number of amides is 1. The molecule has 3 N–H and O–H groups in total. The molecule has 2 aliphatic rings. The smallest absolute Gasteiger partial charge is 0.223 e. The van der Waals surface area contributed by atoms with Crippen molar-refractivity contribution in [2.45, 2.75) is 76.9 Å². The number of hydrogen-bond acceptors (Lipinski definition) is 2. The summed E-state index contributed by atoms with van der Waals surface area (Å²) in [5.74, 6) is 1.74. The van der Waals surface area contributed by atoms with E-state index < -0.39 is 0 Å². The van der Waals surface area contributed by atoms with Gasteiger partial charge in [0.15, 0.2) is 5.96 Å². The first-order valence-electron chi connectivity index (χ1n) is 10.3. The minimum absolute atomic E-state index is 0. The van der Waals surface area contributed by atoms with E-state index in [0.29, 0.717) is 18.0 Å². The highest BCUT2D eigenvalue weighted by Gasteiger charge is 2.40. The molecule has 0 bridgehead atoms. The maximum absolute atomic E-state index is 12.3. The van der Waals surface area contributed by atoms with Gasteiger partial charge >= 0.3 is 0 Å². The average Bonchev–Trinajstić information content (AvgIpc) is 3.40. The van der Waals surface area contributed by atoms with E-state index >= 15 is 0 Å². The van der Waals surface area contributed by atoms with Crippen LogP contribution in [0.25, 0.3) is 0 Å². The lowest BCUT2D eigenvalue weighted by Gasteiger charge is -2.30. The molecule has 0 heterocycles. The molecule has 0 spiro atoms. The summed E-state index contributed by atoms with van der Waals surface area (Å²) in [7, 11) is 1.83. The van der Waals surface area contributed by atoms with Crippen molar-refractivity contribution in [3.05, 3.63) is 35.4 Å². The summed E-state index contributed by atoms with van der Waals surface area (Å²) < 4.78 is 0. The first-order chi connectivity index (χ1) is 13.0. The number of nitrogens with one attached hydrogen (secondary N) is 3. The molecule has 1 aromatic rings. The quantitative estimate of drug-likeness (QED) is 0.330. The van der Waals surface area contributed by atoms with Gasteiger partial charge in [0.25, 0.3) is 0 Å². The van der Waals surface area contributed by atoms with Crippen LogP contribution in [-0.2, 0) is 4.79 Å². The second kappa shape index (κ2) is 10.5. The third kappa shape index (κ3) is 6.09. The van der Waals surface area contributed by atoms with E-state index in [0.717, 1.165) is 38.1 Å². The van der Waals surface area contributed by atoms with Crippen LogP contribution < -0.4 is 16.0 Å². The predicted molar refractivity (Wildman–Crippen MR) is 126 cm³/mol. The van der Waals surface area contributed by atoms with Gasteiger partial charge < -0.3 is 16.0 Å². The van der Waals surface area contributed by atoms with Crippen LogP contribution in [0.5, 0.6) is 0 Å². The Hall–Kier alpha value is -1.31. The molecule has 0 aromatic heterocycles. The van der Waals surface area contributed by atoms with Gasteiger partial charge in [-0.1, -0.05) is 30.7 Å². The molecule has 2 fully saturated rings. The number of guanidine groups is 1. The molecular weight excluding hydrogens is 463 g/mol. The number of benzene rings is 1. The Morgan fingerprint density at radius 3 is 2.57 bits per heavy atom. The normalized spacial score (nSPS) is 27.0. The molecule has 3 rings (SSSR count). The first kappa shape index (κ1) is 23.0. The van der Waals surface area contributed by atoms with Gasteiger partial charge in [0, 0.05) is 37.0 Å². The van der Waals surface area contributed by atoms with Crippen molar-refractivity contribution in [3.8, 4) is 0 Å². The summed E-state index contributed by atoms with van der Waals surface area (Å²) in [6, 6.07) is 9.59. The highest BCUT2D eigenvalue weighted by Crippen LogP contribution is 2.42. The van der Waals surface area contributed by atoms with E-state index in [1.54, 1.807) is 0 Å². The standard InChI is InChI=1S/C22H34N4O.HI/c1-14(2)24-21(27)16-9-7-10-17(12-16)25-22(23-4)26-20-13-19(20)18-11-6-5-8-15(18)3;/h5-6,8,11,14,16-17,19-20H,7,9-10,12-13H2,1-4H3,(H,24,27)(H2,23,25,26);1H. The Labute approximate surface area is 186 Å². The van der Waals surface area contributed by atoms with Crippen molar-refractivity contribution in [2.75, 3.05) is 7.05 Å². The van der Waals surface area contributed by atoms with Crippen molar-refractivity contribution >= 4 is 35.8 Å². The molecule has 0 radical (unpaired) electrons. The third-order valence-electron chi connectivity index (χ3n) is 5.74. The summed E-state index contributed by atoms with van der Waals surface area (Å²) in [6.07, 6.45) is 5.19. The highest BCUT2D eigenvalue weighted by molar-refractivity contribution is 14.0. The molecule has 156 valence electrons. The van der Waals surface area contributed by atoms with E-state index in [4.69, 9.17) is 0 Å². The Morgan fingerprint density at radius 1 is 1.14 bits per heavy atom. The van der Waals surface area contributed by atoms with Crippen molar-refractivity contribution in [1.82, 2.24) is 16.0 Å². The van der Waals surface area contributed by atoms with E-state index in [-0.39, 0.29) is 41.8 Å². The van der Waals surface area contributed by atoms with Crippen LogP contribution in [0.1, 0.15) is 63.0 Å². The van der Waals surface area contributed by atoms with Gasteiger partial charge in [-0.05, 0) is 57.6 Å². The molecule has 2 saturated carbocycles. The van der Waals surface area contributed by atoms with Crippen molar-refractivity contribution in [1.29, 1.82) is 0 Å². The van der Waals surface area contributed by atoms with E-state index in [2.05, 4.69) is 52.1 Å². The maximum Gasteiger partial charge on any atom is 0.223 e. The van der Waals surface area contributed by atoms with E-state index in [1.807, 2.05) is 20.9 Å². The van der Waals surface area contributed by atoms with Crippen molar-refractivity contribution < 1.29 is 4.79 Å². The Balaban J connectivity index is 0.00000280. The summed E-state index contributed by atoms with van der Waals surface area (Å²) in [6.45, 7) is 6.22. The summed E-state index contributed by atoms with van der Waals surface area (Å²) in [5.41, 5.74) is 2.80. The molecule has 1 amide bonds. The molecule has 6 heteroatoms. The fourth-order valence-electron chi connectivity index (χ4n) is 4.20. The summed E-state index contributed by atoms with van der Waals surface area (Å²) >= 11 is 0. The maximum atomic E-state index is 12.3. The zero-order valence-corrected chi connectivity index (χ0v) is 19.8. The molecule has 5 nitrogen and oxygen atoms in total. The zero-order chi connectivity index (χ0) is 19.4. The van der Waals surface area contributed by atoms with E-state index in [9.17, 15) is 4.79 Å². The summed E-state index contributed by atoms with van der Waals surface area (Å²) in [5, 5.41) is 10.2. The van der Waals surface area contributed by atoms with Gasteiger partial charge in [-0.3, -0.25) is 9.79 Å². The Kier molecular flexibility index (Phi) is 8.58. The minimum atomic E-state index is 0. The van der Waals surface area contributed by atoms with Crippen LogP contribution in [0, 0.1) is 12.8 Å². The van der Waals surface area contributed by atoms with Crippen molar-refractivity contribution in [2.24, 2.45) is 10.9 Å². The number of carbonyl (C=O) groups excluding carboxylic acids is 1. The van der Waals surface area contributed by atoms with Crippen LogP contribution in [0.4, 0.5) is 0 Å². The zero-order valence-electron chi connectivity index (χ0n) is 17.5. The van der Waals surface area contributed by atoms with Gasteiger partial charge in [-0.25, -0.2) is 0 Å². The van der Waals surface area contributed by atoms with Crippen LogP contribution in [0.2, 0.25) is 0 Å². The largest absolute Gasteiger partial charge is 0.354 e. The summed E-state index contributed by atoms with van der Waals surface area (Å²) in [4.78, 5) is 16.8. The number of carbonyl (C=O) groups is 1. The van der Waals surface area contributed by atoms with E-state index in [1.165, 1.54) is 11.1 Å². The van der Waals surface area contributed by atoms with Crippen LogP contribution in [0.3, 0.4) is 0 Å². The lowest BCUT2D eigenvalue weighted by molar-refractivity contribution is -0.126.